The van der Waals surface area contributed by atoms with Crippen LogP contribution in [0.2, 0.25) is 5.15 Å². The highest BCUT2D eigenvalue weighted by Crippen LogP contribution is 2.32. The zero-order chi connectivity index (χ0) is 14.9. The molecular weight excluding hydrogens is 292 g/mol. The summed E-state index contributed by atoms with van der Waals surface area (Å²) in [5, 5.41) is 0.511. The van der Waals surface area contributed by atoms with Crippen LogP contribution in [0.5, 0.6) is 0 Å². The summed E-state index contributed by atoms with van der Waals surface area (Å²) in [5.74, 6) is 0. The monoisotopic (exact) mass is 304 g/mol. The molecule has 2 aromatic carbocycles. The Labute approximate surface area is 134 Å². The molecule has 0 radical (unpaired) electrons. The Morgan fingerprint density at radius 3 is 2.32 bits per heavy atom. The first-order valence-corrected chi connectivity index (χ1v) is 7.56. The molecule has 0 saturated heterocycles. The molecule has 2 nitrogen and oxygen atoms in total. The molecule has 3 aromatic rings. The minimum Gasteiger partial charge on any atom is -0.279 e. The number of aliphatic imine (C=N–C) groups is 1. The van der Waals surface area contributed by atoms with Crippen LogP contribution in [-0.2, 0) is 6.54 Å². The topological polar surface area (TPSA) is 25.2 Å². The average Bonchev–Trinajstić information content (AvgIpc) is 2.73. The fourth-order valence-corrected chi connectivity index (χ4v) is 2.96. The van der Waals surface area contributed by atoms with Gasteiger partial charge < -0.3 is 0 Å². The molecule has 0 unspecified atom stereocenters. The van der Waals surface area contributed by atoms with E-state index in [2.05, 4.69) is 29.2 Å². The third-order valence-corrected chi connectivity index (χ3v) is 4.05. The third-order valence-electron chi connectivity index (χ3n) is 3.84. The van der Waals surface area contributed by atoms with Crippen LogP contribution in [0.25, 0.3) is 11.3 Å². The van der Waals surface area contributed by atoms with Gasteiger partial charge in [-0.3, -0.25) is 4.99 Å². The zero-order valence-electron chi connectivity index (χ0n) is 11.8. The maximum Gasteiger partial charge on any atom is 0.129 e. The molecule has 0 aliphatic carbocycles. The SMILES string of the molecule is Clc1ccc2c(n1)-c1ccccc1C(c1ccccc1)=NC2. The lowest BCUT2D eigenvalue weighted by Crippen LogP contribution is -2.04. The molecule has 0 N–H and O–H groups in total. The molecule has 0 fully saturated rings. The van der Waals surface area contributed by atoms with Gasteiger partial charge in [-0.2, -0.15) is 0 Å². The van der Waals surface area contributed by atoms with Crippen molar-refractivity contribution < 1.29 is 0 Å². The summed E-state index contributed by atoms with van der Waals surface area (Å²) in [7, 11) is 0. The first kappa shape index (κ1) is 13.2. The first-order valence-electron chi connectivity index (χ1n) is 7.18. The maximum absolute atomic E-state index is 6.10. The predicted molar refractivity (Wildman–Crippen MR) is 90.5 cm³/mol. The summed E-state index contributed by atoms with van der Waals surface area (Å²) in [4.78, 5) is 9.37. The molecule has 4 rings (SSSR count). The number of fused-ring (bicyclic) bond motifs is 3. The lowest BCUT2D eigenvalue weighted by molar-refractivity contribution is 1.06. The van der Waals surface area contributed by atoms with Crippen molar-refractivity contribution in [3.05, 3.63) is 88.6 Å². The zero-order valence-corrected chi connectivity index (χ0v) is 12.6. The second-order valence-electron chi connectivity index (χ2n) is 5.22. The van der Waals surface area contributed by atoms with Gasteiger partial charge in [-0.05, 0) is 11.6 Å². The second-order valence-corrected chi connectivity index (χ2v) is 5.61. The minimum atomic E-state index is 0.511. The summed E-state index contributed by atoms with van der Waals surface area (Å²) in [6.45, 7) is 0.610. The van der Waals surface area contributed by atoms with Crippen LogP contribution in [0, 0.1) is 0 Å². The third kappa shape index (κ3) is 2.22. The van der Waals surface area contributed by atoms with Crippen molar-refractivity contribution in [3.8, 4) is 11.3 Å². The Kier molecular flexibility index (Phi) is 3.24. The van der Waals surface area contributed by atoms with E-state index in [1.54, 1.807) is 0 Å². The van der Waals surface area contributed by atoms with Gasteiger partial charge in [0, 0.05) is 16.7 Å². The van der Waals surface area contributed by atoms with Crippen molar-refractivity contribution in [1.82, 2.24) is 4.98 Å². The number of aromatic nitrogens is 1. The minimum absolute atomic E-state index is 0.511. The van der Waals surface area contributed by atoms with E-state index in [-0.39, 0.29) is 0 Å². The van der Waals surface area contributed by atoms with E-state index in [0.717, 1.165) is 33.7 Å². The van der Waals surface area contributed by atoms with Crippen LogP contribution in [0.1, 0.15) is 16.7 Å². The quantitative estimate of drug-likeness (QED) is 0.595. The van der Waals surface area contributed by atoms with Crippen molar-refractivity contribution in [1.29, 1.82) is 0 Å². The Hall–Kier alpha value is -2.45. The fraction of sp³-hybridized carbons (Fsp3) is 0.0526. The van der Waals surface area contributed by atoms with E-state index in [1.165, 1.54) is 0 Å². The van der Waals surface area contributed by atoms with E-state index in [4.69, 9.17) is 16.6 Å². The molecule has 106 valence electrons. The molecule has 0 atom stereocenters. The predicted octanol–water partition coefficient (Wildman–Crippen LogP) is 4.75. The molecule has 22 heavy (non-hydrogen) atoms. The highest BCUT2D eigenvalue weighted by Gasteiger charge is 2.19. The molecule has 0 spiro atoms. The van der Waals surface area contributed by atoms with E-state index < -0.39 is 0 Å². The Morgan fingerprint density at radius 2 is 1.50 bits per heavy atom. The van der Waals surface area contributed by atoms with Gasteiger partial charge in [-0.25, -0.2) is 4.98 Å². The van der Waals surface area contributed by atoms with Crippen molar-refractivity contribution in [2.45, 2.75) is 6.54 Å². The lowest BCUT2D eigenvalue weighted by atomic mass is 9.95. The molecular formula is C19H13ClN2. The van der Waals surface area contributed by atoms with Gasteiger partial charge >= 0.3 is 0 Å². The van der Waals surface area contributed by atoms with Gasteiger partial charge in [-0.15, -0.1) is 0 Å². The van der Waals surface area contributed by atoms with E-state index in [0.29, 0.717) is 11.7 Å². The maximum atomic E-state index is 6.10. The van der Waals surface area contributed by atoms with Crippen LogP contribution >= 0.6 is 11.6 Å². The molecule has 0 amide bonds. The summed E-state index contributed by atoms with van der Waals surface area (Å²) in [6, 6.07) is 22.3. The highest BCUT2D eigenvalue weighted by atomic mass is 35.5. The first-order chi connectivity index (χ1) is 10.8. The van der Waals surface area contributed by atoms with Crippen LogP contribution in [-0.4, -0.2) is 10.7 Å². The van der Waals surface area contributed by atoms with Gasteiger partial charge in [0.15, 0.2) is 0 Å². The Morgan fingerprint density at radius 1 is 0.773 bits per heavy atom. The number of halogens is 1. The molecule has 3 heteroatoms. The molecule has 0 bridgehead atoms. The van der Waals surface area contributed by atoms with Crippen molar-refractivity contribution in [2.24, 2.45) is 4.99 Å². The second kappa shape index (κ2) is 5.39. The van der Waals surface area contributed by atoms with Crippen LogP contribution in [0.3, 0.4) is 0 Å². The summed E-state index contributed by atoms with van der Waals surface area (Å²) >= 11 is 6.10. The fourth-order valence-electron chi connectivity index (χ4n) is 2.81. The molecule has 1 aromatic heterocycles. The van der Waals surface area contributed by atoms with Crippen molar-refractivity contribution in [3.63, 3.8) is 0 Å². The molecule has 2 heterocycles. The molecule has 0 saturated carbocycles. The van der Waals surface area contributed by atoms with Gasteiger partial charge in [0.1, 0.15) is 5.15 Å². The summed E-state index contributed by atoms with van der Waals surface area (Å²) < 4.78 is 0. The number of rotatable bonds is 1. The van der Waals surface area contributed by atoms with Crippen LogP contribution in [0.4, 0.5) is 0 Å². The van der Waals surface area contributed by atoms with Crippen molar-refractivity contribution in [2.75, 3.05) is 0 Å². The largest absolute Gasteiger partial charge is 0.279 e. The van der Waals surface area contributed by atoms with Gasteiger partial charge in [0.05, 0.1) is 18.0 Å². The molecule has 1 aliphatic rings. The molecule has 1 aliphatic heterocycles. The highest BCUT2D eigenvalue weighted by molar-refractivity contribution is 6.29. The number of pyridine rings is 1. The smallest absolute Gasteiger partial charge is 0.129 e. The lowest BCUT2D eigenvalue weighted by Gasteiger charge is -2.10. The van der Waals surface area contributed by atoms with Gasteiger partial charge in [0.25, 0.3) is 0 Å². The Balaban J connectivity index is 1.98. The van der Waals surface area contributed by atoms with Crippen LogP contribution in [0.15, 0.2) is 71.7 Å². The Bertz CT molecular complexity index is 870. The standard InChI is InChI=1S/C19H13ClN2/c20-17-11-10-14-12-21-18(13-6-2-1-3-7-13)15-8-4-5-9-16(15)19(14)22-17/h1-11H,12H2. The van der Waals surface area contributed by atoms with Gasteiger partial charge in [0.2, 0.25) is 0 Å². The van der Waals surface area contributed by atoms with E-state index in [1.807, 2.05) is 42.5 Å². The number of benzene rings is 2. The number of nitrogens with zero attached hydrogens (tertiary/aromatic N) is 2. The number of hydrogen-bond donors (Lipinski definition) is 0. The summed E-state index contributed by atoms with van der Waals surface area (Å²) in [6.07, 6.45) is 0. The van der Waals surface area contributed by atoms with E-state index >= 15 is 0 Å². The summed E-state index contributed by atoms with van der Waals surface area (Å²) in [5.41, 5.74) is 6.34. The normalized spacial score (nSPS) is 12.9. The average molecular weight is 305 g/mol. The van der Waals surface area contributed by atoms with Crippen molar-refractivity contribution >= 4 is 17.3 Å². The van der Waals surface area contributed by atoms with Crippen LogP contribution < -0.4 is 0 Å². The number of hydrogen-bond acceptors (Lipinski definition) is 2. The van der Waals surface area contributed by atoms with E-state index in [9.17, 15) is 0 Å². The van der Waals surface area contributed by atoms with Gasteiger partial charge in [-0.1, -0.05) is 72.3 Å².